The molecule has 0 amide bonds. The van der Waals surface area contributed by atoms with E-state index in [0.29, 0.717) is 18.8 Å². The molecule has 1 aromatic rings. The lowest BCUT2D eigenvalue weighted by molar-refractivity contribution is 0.262. The lowest BCUT2D eigenvalue weighted by atomic mass is 10.5. The first-order valence-electron chi connectivity index (χ1n) is 4.77. The summed E-state index contributed by atoms with van der Waals surface area (Å²) in [6.45, 7) is 1.92. The summed E-state index contributed by atoms with van der Waals surface area (Å²) >= 11 is 0. The molecule has 86 valence electrons. The van der Waals surface area contributed by atoms with Crippen molar-refractivity contribution in [3.8, 4) is 0 Å². The van der Waals surface area contributed by atoms with Gasteiger partial charge in [-0.3, -0.25) is 0 Å². The van der Waals surface area contributed by atoms with E-state index in [1.807, 2.05) is 0 Å². The first kappa shape index (κ1) is 12.1. The van der Waals surface area contributed by atoms with E-state index in [2.05, 4.69) is 10.1 Å². The number of hydrogen-bond acceptors (Lipinski definition) is 5. The first-order chi connectivity index (χ1) is 7.09. The number of aromatic nitrogens is 3. The molecule has 0 atom stereocenters. The van der Waals surface area contributed by atoms with E-state index in [4.69, 9.17) is 5.11 Å². The molecule has 0 aromatic carbocycles. The summed E-state index contributed by atoms with van der Waals surface area (Å²) in [5, 5.41) is 12.8. The van der Waals surface area contributed by atoms with E-state index in [1.165, 1.54) is 11.0 Å². The average Bonchev–Trinajstić information content (AvgIpc) is 2.65. The Kier molecular flexibility index (Phi) is 4.22. The van der Waals surface area contributed by atoms with Gasteiger partial charge in [0.1, 0.15) is 22.8 Å². The zero-order valence-electron chi connectivity index (χ0n) is 8.63. The van der Waals surface area contributed by atoms with Gasteiger partial charge >= 0.3 is 0 Å². The third-order valence-corrected chi connectivity index (χ3v) is 3.89. The van der Waals surface area contributed by atoms with Crippen LogP contribution in [0.25, 0.3) is 0 Å². The molecular formula is C8H15N3O3S. The van der Waals surface area contributed by atoms with Gasteiger partial charge in [0.2, 0.25) is 0 Å². The number of nitrogens with zero attached hydrogens (tertiary/aromatic N) is 3. The van der Waals surface area contributed by atoms with Gasteiger partial charge in [-0.2, -0.15) is 5.10 Å². The minimum Gasteiger partial charge on any atom is -0.388 e. The van der Waals surface area contributed by atoms with Crippen molar-refractivity contribution < 1.29 is 13.5 Å². The van der Waals surface area contributed by atoms with E-state index in [9.17, 15) is 8.42 Å². The molecule has 0 spiro atoms. The van der Waals surface area contributed by atoms with Crippen LogP contribution in [0.5, 0.6) is 0 Å². The quantitative estimate of drug-likeness (QED) is 0.722. The molecule has 1 rings (SSSR count). The van der Waals surface area contributed by atoms with Crippen LogP contribution >= 0.6 is 0 Å². The van der Waals surface area contributed by atoms with Gasteiger partial charge in [-0.25, -0.2) is 18.1 Å². The van der Waals surface area contributed by atoms with Crippen LogP contribution < -0.4 is 0 Å². The molecule has 6 nitrogen and oxygen atoms in total. The Balaban J connectivity index is 2.45. The molecule has 1 N–H and O–H groups in total. The van der Waals surface area contributed by atoms with Crippen molar-refractivity contribution >= 4 is 9.84 Å². The summed E-state index contributed by atoms with van der Waals surface area (Å²) in [7, 11) is -2.92. The van der Waals surface area contributed by atoms with Crippen molar-refractivity contribution in [2.75, 3.05) is 11.5 Å². The summed E-state index contributed by atoms with van der Waals surface area (Å²) in [5.41, 5.74) is 0. The third-order valence-electron chi connectivity index (χ3n) is 2.10. The van der Waals surface area contributed by atoms with Crippen molar-refractivity contribution in [2.24, 2.45) is 0 Å². The Hall–Kier alpha value is -0.950. The predicted molar refractivity (Wildman–Crippen MR) is 54.9 cm³/mol. The van der Waals surface area contributed by atoms with Crippen LogP contribution in [-0.2, 0) is 23.0 Å². The van der Waals surface area contributed by atoms with Crippen molar-refractivity contribution in [3.05, 3.63) is 12.2 Å². The molecule has 0 aliphatic heterocycles. The summed E-state index contributed by atoms with van der Waals surface area (Å²) in [5.74, 6) is 0.773. The third kappa shape index (κ3) is 3.60. The second kappa shape index (κ2) is 5.22. The van der Waals surface area contributed by atoms with Crippen LogP contribution in [0, 0.1) is 0 Å². The normalized spacial score (nSPS) is 11.9. The molecular weight excluding hydrogens is 218 g/mol. The van der Waals surface area contributed by atoms with E-state index in [1.54, 1.807) is 6.92 Å². The maximum Gasteiger partial charge on any atom is 0.152 e. The molecule has 0 saturated carbocycles. The van der Waals surface area contributed by atoms with Crippen LogP contribution in [0.2, 0.25) is 0 Å². The van der Waals surface area contributed by atoms with E-state index in [0.717, 1.165) is 0 Å². The SMILES string of the molecule is CCS(=O)(=O)CCCn1ncnc1CO. The van der Waals surface area contributed by atoms with Crippen molar-refractivity contribution in [2.45, 2.75) is 26.5 Å². The largest absolute Gasteiger partial charge is 0.388 e. The molecule has 0 fully saturated rings. The van der Waals surface area contributed by atoms with Gasteiger partial charge in [0.15, 0.2) is 5.82 Å². The van der Waals surface area contributed by atoms with Crippen LogP contribution in [0.3, 0.4) is 0 Å². The second-order valence-electron chi connectivity index (χ2n) is 3.15. The standard InChI is InChI=1S/C8H15N3O3S/c1-2-15(13,14)5-3-4-11-8(6-12)9-7-10-11/h7,12H,2-6H2,1H3. The maximum atomic E-state index is 11.2. The van der Waals surface area contributed by atoms with Crippen molar-refractivity contribution in [1.82, 2.24) is 14.8 Å². The lowest BCUT2D eigenvalue weighted by Crippen LogP contribution is -2.13. The number of sulfone groups is 1. The van der Waals surface area contributed by atoms with Gasteiger partial charge in [0.25, 0.3) is 0 Å². The van der Waals surface area contributed by atoms with Gasteiger partial charge in [-0.15, -0.1) is 0 Å². The topological polar surface area (TPSA) is 85.1 Å². The van der Waals surface area contributed by atoms with Crippen molar-refractivity contribution in [1.29, 1.82) is 0 Å². The van der Waals surface area contributed by atoms with Crippen LogP contribution in [0.1, 0.15) is 19.2 Å². The predicted octanol–water partition coefficient (Wildman–Crippen LogP) is -0.405. The van der Waals surface area contributed by atoms with E-state index < -0.39 is 9.84 Å². The number of rotatable bonds is 6. The minimum absolute atomic E-state index is 0.147. The highest BCUT2D eigenvalue weighted by Crippen LogP contribution is 1.99. The highest BCUT2D eigenvalue weighted by molar-refractivity contribution is 7.91. The maximum absolute atomic E-state index is 11.2. The minimum atomic E-state index is -2.92. The average molecular weight is 233 g/mol. The number of aryl methyl sites for hydroxylation is 1. The smallest absolute Gasteiger partial charge is 0.152 e. The molecule has 0 aliphatic rings. The van der Waals surface area contributed by atoms with Gasteiger partial charge in [-0.05, 0) is 6.42 Å². The lowest BCUT2D eigenvalue weighted by Gasteiger charge is -2.03. The molecule has 0 radical (unpaired) electrons. The fraction of sp³-hybridized carbons (Fsp3) is 0.750. The summed E-state index contributed by atoms with van der Waals surface area (Å²) in [6, 6.07) is 0. The molecule has 1 heterocycles. The zero-order valence-corrected chi connectivity index (χ0v) is 9.44. The molecule has 0 unspecified atom stereocenters. The van der Waals surface area contributed by atoms with Crippen LogP contribution in [-0.4, -0.2) is 39.8 Å². The Labute approximate surface area is 88.9 Å². The second-order valence-corrected chi connectivity index (χ2v) is 5.62. The molecule has 1 aromatic heterocycles. The van der Waals surface area contributed by atoms with E-state index >= 15 is 0 Å². The summed E-state index contributed by atoms with van der Waals surface area (Å²) in [6.07, 6.45) is 1.84. The number of hydrogen-bond donors (Lipinski definition) is 1. The van der Waals surface area contributed by atoms with E-state index in [-0.39, 0.29) is 18.1 Å². The summed E-state index contributed by atoms with van der Waals surface area (Å²) in [4.78, 5) is 3.82. The molecule has 15 heavy (non-hydrogen) atoms. The van der Waals surface area contributed by atoms with Crippen LogP contribution in [0.15, 0.2) is 6.33 Å². The van der Waals surface area contributed by atoms with Gasteiger partial charge in [0, 0.05) is 12.3 Å². The van der Waals surface area contributed by atoms with Gasteiger partial charge in [0.05, 0.1) is 5.75 Å². The fourth-order valence-electron chi connectivity index (χ4n) is 1.18. The Morgan fingerprint density at radius 1 is 1.53 bits per heavy atom. The first-order valence-corrected chi connectivity index (χ1v) is 6.59. The highest BCUT2D eigenvalue weighted by Gasteiger charge is 2.08. The number of aliphatic hydroxyl groups excluding tert-OH is 1. The fourth-order valence-corrected chi connectivity index (χ4v) is 2.03. The molecule has 0 aliphatic carbocycles. The Morgan fingerprint density at radius 2 is 2.27 bits per heavy atom. The Bertz CT molecular complexity index is 399. The molecule has 0 bridgehead atoms. The monoisotopic (exact) mass is 233 g/mol. The Morgan fingerprint density at radius 3 is 2.87 bits per heavy atom. The van der Waals surface area contributed by atoms with Crippen molar-refractivity contribution in [3.63, 3.8) is 0 Å². The zero-order chi connectivity index (χ0) is 11.3. The number of aliphatic hydroxyl groups is 1. The molecule has 0 saturated heterocycles. The van der Waals surface area contributed by atoms with Gasteiger partial charge < -0.3 is 5.11 Å². The van der Waals surface area contributed by atoms with Crippen LogP contribution in [0.4, 0.5) is 0 Å². The summed E-state index contributed by atoms with van der Waals surface area (Å²) < 4.78 is 23.9. The highest BCUT2D eigenvalue weighted by atomic mass is 32.2. The van der Waals surface area contributed by atoms with Gasteiger partial charge in [-0.1, -0.05) is 6.92 Å². The molecule has 7 heteroatoms.